The van der Waals surface area contributed by atoms with E-state index in [1.54, 1.807) is 13.8 Å². The summed E-state index contributed by atoms with van der Waals surface area (Å²) >= 11 is 0. The van der Waals surface area contributed by atoms with Crippen molar-refractivity contribution in [2.45, 2.75) is 38.6 Å². The van der Waals surface area contributed by atoms with Gasteiger partial charge in [0.25, 0.3) is 0 Å². The van der Waals surface area contributed by atoms with E-state index in [-0.39, 0.29) is 11.8 Å². The molecule has 16 heavy (non-hydrogen) atoms. The van der Waals surface area contributed by atoms with E-state index in [0.29, 0.717) is 0 Å². The Morgan fingerprint density at radius 2 is 2.06 bits per heavy atom. The van der Waals surface area contributed by atoms with Crippen molar-refractivity contribution in [3.05, 3.63) is 12.2 Å². The number of carbonyl (C=O) groups is 2. The van der Waals surface area contributed by atoms with Crippen LogP contribution in [0.3, 0.4) is 0 Å². The Bertz CT molecular complexity index is 307. The van der Waals surface area contributed by atoms with Crippen LogP contribution in [0.15, 0.2) is 12.2 Å². The van der Waals surface area contributed by atoms with Gasteiger partial charge in [0.2, 0.25) is 5.91 Å². The Hall–Kier alpha value is -1.32. The zero-order chi connectivity index (χ0) is 12.2. The highest BCUT2D eigenvalue weighted by atomic mass is 16.5. The maximum absolute atomic E-state index is 11.9. The van der Waals surface area contributed by atoms with Crippen molar-refractivity contribution < 1.29 is 14.3 Å². The number of allylic oxidation sites excluding steroid dienone is 2. The van der Waals surface area contributed by atoms with Crippen LogP contribution in [0.1, 0.15) is 33.1 Å². The van der Waals surface area contributed by atoms with Gasteiger partial charge in [-0.25, -0.2) is 4.79 Å². The van der Waals surface area contributed by atoms with Gasteiger partial charge in [0, 0.05) is 5.92 Å². The van der Waals surface area contributed by atoms with Gasteiger partial charge in [-0.3, -0.25) is 4.79 Å². The van der Waals surface area contributed by atoms with Crippen molar-refractivity contribution in [3.8, 4) is 0 Å². The minimum atomic E-state index is -0.951. The van der Waals surface area contributed by atoms with Crippen molar-refractivity contribution in [1.82, 2.24) is 5.32 Å². The molecule has 1 aliphatic rings. The van der Waals surface area contributed by atoms with E-state index in [9.17, 15) is 9.59 Å². The molecule has 0 saturated carbocycles. The number of nitrogens with one attached hydrogen (secondary N) is 1. The second kappa shape index (κ2) is 5.14. The van der Waals surface area contributed by atoms with Gasteiger partial charge in [0.15, 0.2) is 0 Å². The number of ether oxygens (including phenoxy) is 1. The molecule has 0 spiro atoms. The third kappa shape index (κ3) is 3.08. The lowest BCUT2D eigenvalue weighted by molar-refractivity contribution is -0.150. The summed E-state index contributed by atoms with van der Waals surface area (Å²) in [4.78, 5) is 23.3. The van der Waals surface area contributed by atoms with Gasteiger partial charge < -0.3 is 10.1 Å². The van der Waals surface area contributed by atoms with Crippen LogP contribution in [-0.2, 0) is 14.3 Å². The van der Waals surface area contributed by atoms with E-state index in [4.69, 9.17) is 0 Å². The summed E-state index contributed by atoms with van der Waals surface area (Å²) in [5.41, 5.74) is -0.951. The molecule has 1 atom stereocenters. The molecule has 0 aromatic heterocycles. The van der Waals surface area contributed by atoms with E-state index in [1.165, 1.54) is 7.11 Å². The quantitative estimate of drug-likeness (QED) is 0.583. The van der Waals surface area contributed by atoms with E-state index >= 15 is 0 Å². The van der Waals surface area contributed by atoms with Gasteiger partial charge in [-0.15, -0.1) is 0 Å². The van der Waals surface area contributed by atoms with Gasteiger partial charge in [0.1, 0.15) is 5.54 Å². The van der Waals surface area contributed by atoms with E-state index in [2.05, 4.69) is 16.1 Å². The van der Waals surface area contributed by atoms with Crippen LogP contribution in [0.4, 0.5) is 0 Å². The Balaban J connectivity index is 2.56. The molecule has 0 heterocycles. The number of rotatable bonds is 3. The molecule has 1 rings (SSSR count). The topological polar surface area (TPSA) is 55.4 Å². The molecule has 0 aromatic carbocycles. The summed E-state index contributed by atoms with van der Waals surface area (Å²) in [6, 6.07) is 0. The molecule has 0 radical (unpaired) electrons. The summed E-state index contributed by atoms with van der Waals surface area (Å²) in [5, 5.41) is 2.73. The van der Waals surface area contributed by atoms with Gasteiger partial charge >= 0.3 is 5.97 Å². The maximum Gasteiger partial charge on any atom is 0.330 e. The third-order valence-corrected chi connectivity index (χ3v) is 2.77. The number of methoxy groups -OCH3 is 1. The first-order chi connectivity index (χ1) is 7.47. The molecule has 1 amide bonds. The minimum Gasteiger partial charge on any atom is -0.467 e. The average molecular weight is 225 g/mol. The van der Waals surface area contributed by atoms with E-state index < -0.39 is 11.5 Å². The zero-order valence-electron chi connectivity index (χ0n) is 10.1. The summed E-state index contributed by atoms with van der Waals surface area (Å²) in [6.07, 6.45) is 6.62. The predicted molar refractivity (Wildman–Crippen MR) is 60.7 cm³/mol. The van der Waals surface area contributed by atoms with E-state index in [1.807, 2.05) is 6.08 Å². The molecular weight excluding hydrogens is 206 g/mol. The SMILES string of the molecule is COC(=O)C(C)(C)NC(=O)C1CC=CCC1. The maximum atomic E-state index is 11.9. The van der Waals surface area contributed by atoms with Crippen LogP contribution in [0.25, 0.3) is 0 Å². The van der Waals surface area contributed by atoms with Gasteiger partial charge in [-0.05, 0) is 33.1 Å². The second-order valence-electron chi connectivity index (χ2n) is 4.59. The number of amides is 1. The van der Waals surface area contributed by atoms with Gasteiger partial charge in [0.05, 0.1) is 7.11 Å². The molecule has 1 N–H and O–H groups in total. The normalized spacial score (nSPS) is 20.3. The molecular formula is C12H19NO3. The molecule has 4 nitrogen and oxygen atoms in total. The fourth-order valence-corrected chi connectivity index (χ4v) is 1.75. The number of carbonyl (C=O) groups excluding carboxylic acids is 2. The zero-order valence-corrected chi connectivity index (χ0v) is 10.1. The lowest BCUT2D eigenvalue weighted by Gasteiger charge is -2.26. The molecule has 0 saturated heterocycles. The van der Waals surface area contributed by atoms with Gasteiger partial charge in [-0.2, -0.15) is 0 Å². The van der Waals surface area contributed by atoms with E-state index in [0.717, 1.165) is 19.3 Å². The highest BCUT2D eigenvalue weighted by molar-refractivity contribution is 5.88. The number of esters is 1. The van der Waals surface area contributed by atoms with Crippen LogP contribution in [0.2, 0.25) is 0 Å². The first-order valence-corrected chi connectivity index (χ1v) is 5.53. The van der Waals surface area contributed by atoms with Crippen molar-refractivity contribution in [2.75, 3.05) is 7.11 Å². The molecule has 0 bridgehead atoms. The smallest absolute Gasteiger partial charge is 0.330 e. The Kier molecular flexibility index (Phi) is 4.10. The Morgan fingerprint density at radius 1 is 1.38 bits per heavy atom. The first-order valence-electron chi connectivity index (χ1n) is 5.53. The molecule has 0 fully saturated rings. The lowest BCUT2D eigenvalue weighted by Crippen LogP contribution is -2.52. The van der Waals surface area contributed by atoms with Gasteiger partial charge in [-0.1, -0.05) is 12.2 Å². The Labute approximate surface area is 96.0 Å². The van der Waals surface area contributed by atoms with Crippen molar-refractivity contribution >= 4 is 11.9 Å². The highest BCUT2D eigenvalue weighted by Gasteiger charge is 2.32. The summed E-state index contributed by atoms with van der Waals surface area (Å²) in [5.74, 6) is -0.513. The molecule has 1 aliphatic carbocycles. The predicted octanol–water partition coefficient (Wildman–Crippen LogP) is 1.41. The second-order valence-corrected chi connectivity index (χ2v) is 4.59. The van der Waals surface area contributed by atoms with Crippen LogP contribution in [-0.4, -0.2) is 24.5 Å². The van der Waals surface area contributed by atoms with Crippen molar-refractivity contribution in [1.29, 1.82) is 0 Å². The largest absolute Gasteiger partial charge is 0.467 e. The highest BCUT2D eigenvalue weighted by Crippen LogP contribution is 2.19. The molecule has 90 valence electrons. The minimum absolute atomic E-state index is 0.0195. The number of hydrogen-bond donors (Lipinski definition) is 1. The standard InChI is InChI=1S/C12H19NO3/c1-12(2,11(15)16-3)13-10(14)9-7-5-4-6-8-9/h4-5,9H,6-8H2,1-3H3,(H,13,14). The average Bonchev–Trinajstić information content (AvgIpc) is 2.28. The van der Waals surface area contributed by atoms with Crippen LogP contribution in [0, 0.1) is 5.92 Å². The molecule has 4 heteroatoms. The molecule has 0 aromatic rings. The summed E-state index contributed by atoms with van der Waals surface area (Å²) < 4.78 is 4.64. The summed E-state index contributed by atoms with van der Waals surface area (Å²) in [6.45, 7) is 3.30. The first kappa shape index (κ1) is 12.7. The van der Waals surface area contributed by atoms with Crippen LogP contribution < -0.4 is 5.32 Å². The fourth-order valence-electron chi connectivity index (χ4n) is 1.75. The fraction of sp³-hybridized carbons (Fsp3) is 0.667. The van der Waals surface area contributed by atoms with Crippen LogP contribution >= 0.6 is 0 Å². The third-order valence-electron chi connectivity index (χ3n) is 2.77. The van der Waals surface area contributed by atoms with Crippen molar-refractivity contribution in [2.24, 2.45) is 5.92 Å². The number of hydrogen-bond acceptors (Lipinski definition) is 3. The van der Waals surface area contributed by atoms with Crippen LogP contribution in [0.5, 0.6) is 0 Å². The monoisotopic (exact) mass is 225 g/mol. The lowest BCUT2D eigenvalue weighted by atomic mass is 9.92. The summed E-state index contributed by atoms with van der Waals surface area (Å²) in [7, 11) is 1.32. The molecule has 1 unspecified atom stereocenters. The van der Waals surface area contributed by atoms with Crippen molar-refractivity contribution in [3.63, 3.8) is 0 Å². The Morgan fingerprint density at radius 3 is 2.56 bits per heavy atom. The molecule has 0 aliphatic heterocycles.